The van der Waals surface area contributed by atoms with Crippen molar-refractivity contribution in [1.29, 1.82) is 0 Å². The molecule has 1 atom stereocenters. The summed E-state index contributed by atoms with van der Waals surface area (Å²) < 4.78 is 0. The van der Waals surface area contributed by atoms with E-state index >= 15 is 0 Å². The smallest absolute Gasteiger partial charge is 0.127 e. The molecule has 0 fully saturated rings. The average molecular weight is 367 g/mol. The normalized spacial score (nSPS) is 12.0. The lowest BCUT2D eigenvalue weighted by Gasteiger charge is -2.20. The van der Waals surface area contributed by atoms with Gasteiger partial charge in [-0.2, -0.15) is 0 Å². The van der Waals surface area contributed by atoms with Gasteiger partial charge in [0, 0.05) is 50.3 Å². The molecule has 0 saturated heterocycles. The molecule has 26 heavy (non-hydrogen) atoms. The van der Waals surface area contributed by atoms with E-state index in [9.17, 15) is 0 Å². The van der Waals surface area contributed by atoms with Gasteiger partial charge in [0.2, 0.25) is 0 Å². The molecular weight excluding hydrogens is 344 g/mol. The monoisotopic (exact) mass is 366 g/mol. The molecule has 0 spiro atoms. The van der Waals surface area contributed by atoms with E-state index in [1.807, 2.05) is 61.7 Å². The highest BCUT2D eigenvalue weighted by molar-refractivity contribution is 6.30. The number of rotatable bonds is 7. The van der Waals surface area contributed by atoms with Gasteiger partial charge in [-0.15, -0.1) is 0 Å². The first-order valence-corrected chi connectivity index (χ1v) is 8.99. The molecule has 134 valence electrons. The van der Waals surface area contributed by atoms with Gasteiger partial charge in [-0.3, -0.25) is 4.98 Å². The molecule has 0 radical (unpaired) electrons. The number of hydrogen-bond acceptors (Lipinski definition) is 4. The lowest BCUT2D eigenvalue weighted by molar-refractivity contribution is 0.529. The molecule has 0 aliphatic carbocycles. The van der Waals surface area contributed by atoms with Gasteiger partial charge in [0.25, 0.3) is 0 Å². The van der Waals surface area contributed by atoms with Crippen molar-refractivity contribution in [2.24, 2.45) is 0 Å². The highest BCUT2D eigenvalue weighted by Gasteiger charge is 2.13. The van der Waals surface area contributed by atoms with Crippen molar-refractivity contribution >= 4 is 17.4 Å². The molecule has 0 aliphatic rings. The topological polar surface area (TPSA) is 41.0 Å². The van der Waals surface area contributed by atoms with E-state index in [-0.39, 0.29) is 6.04 Å². The van der Waals surface area contributed by atoms with Gasteiger partial charge >= 0.3 is 0 Å². The lowest BCUT2D eigenvalue weighted by Crippen LogP contribution is -2.23. The quantitative estimate of drug-likeness (QED) is 0.678. The molecule has 1 N–H and O–H groups in total. The van der Waals surface area contributed by atoms with E-state index in [0.717, 1.165) is 29.4 Å². The van der Waals surface area contributed by atoms with Gasteiger partial charge < -0.3 is 10.2 Å². The van der Waals surface area contributed by atoms with Gasteiger partial charge in [-0.05, 0) is 47.4 Å². The van der Waals surface area contributed by atoms with Crippen LogP contribution in [0.3, 0.4) is 0 Å². The number of nitrogens with zero attached hydrogens (tertiary/aromatic N) is 3. The molecule has 5 heteroatoms. The van der Waals surface area contributed by atoms with Crippen LogP contribution in [0.25, 0.3) is 0 Å². The molecule has 2 aromatic heterocycles. The van der Waals surface area contributed by atoms with Crippen LogP contribution in [0.2, 0.25) is 5.02 Å². The molecular formula is C21H23ClN4. The Morgan fingerprint density at radius 3 is 2.58 bits per heavy atom. The Morgan fingerprint density at radius 1 is 1.04 bits per heavy atom. The van der Waals surface area contributed by atoms with Crippen LogP contribution in [0, 0.1) is 0 Å². The Morgan fingerprint density at radius 2 is 1.92 bits per heavy atom. The summed E-state index contributed by atoms with van der Waals surface area (Å²) in [6, 6.07) is 16.4. The van der Waals surface area contributed by atoms with Crippen LogP contribution in [0.15, 0.2) is 67.1 Å². The van der Waals surface area contributed by atoms with E-state index in [4.69, 9.17) is 11.6 Å². The molecule has 0 amide bonds. The summed E-state index contributed by atoms with van der Waals surface area (Å²) in [5.74, 6) is 0.954. The van der Waals surface area contributed by atoms with Crippen LogP contribution in [0.4, 0.5) is 5.82 Å². The molecule has 4 nitrogen and oxygen atoms in total. The minimum Gasteiger partial charge on any atom is -0.363 e. The van der Waals surface area contributed by atoms with Gasteiger partial charge in [0.15, 0.2) is 0 Å². The third-order valence-electron chi connectivity index (χ3n) is 4.23. The maximum absolute atomic E-state index is 6.20. The number of halogens is 1. The summed E-state index contributed by atoms with van der Waals surface area (Å²) in [6.07, 6.45) is 6.47. The standard InChI is InChI=1S/C21H23ClN4/c1-26(2)21-9-8-17(15-25-21)14-24-20(11-16-5-4-10-23-13-16)18-6-3-7-19(22)12-18/h3-10,12-13,15,20,24H,11,14H2,1-2H3. The van der Waals surface area contributed by atoms with E-state index < -0.39 is 0 Å². The Labute approximate surface area is 159 Å². The van der Waals surface area contributed by atoms with E-state index in [2.05, 4.69) is 33.5 Å². The zero-order valence-corrected chi connectivity index (χ0v) is 15.8. The van der Waals surface area contributed by atoms with Crippen LogP contribution in [0.5, 0.6) is 0 Å². The highest BCUT2D eigenvalue weighted by atomic mass is 35.5. The molecule has 0 bridgehead atoms. The summed E-state index contributed by atoms with van der Waals surface area (Å²) >= 11 is 6.20. The molecule has 2 heterocycles. The van der Waals surface area contributed by atoms with E-state index in [1.54, 1.807) is 6.20 Å². The SMILES string of the molecule is CN(C)c1ccc(CNC(Cc2cccnc2)c2cccc(Cl)c2)cn1. The van der Waals surface area contributed by atoms with Gasteiger partial charge in [0.1, 0.15) is 5.82 Å². The maximum atomic E-state index is 6.20. The summed E-state index contributed by atoms with van der Waals surface area (Å²) in [7, 11) is 3.98. The van der Waals surface area contributed by atoms with Gasteiger partial charge in [0.05, 0.1) is 0 Å². The maximum Gasteiger partial charge on any atom is 0.127 e. The Hall–Kier alpha value is -2.43. The summed E-state index contributed by atoms with van der Waals surface area (Å²) in [4.78, 5) is 10.7. The van der Waals surface area contributed by atoms with Crippen molar-refractivity contribution < 1.29 is 0 Å². The number of hydrogen-bond donors (Lipinski definition) is 1. The number of benzene rings is 1. The summed E-state index contributed by atoms with van der Waals surface area (Å²) in [5, 5.41) is 4.38. The molecule has 1 aromatic carbocycles. The van der Waals surface area contributed by atoms with Crippen molar-refractivity contribution in [3.63, 3.8) is 0 Å². The number of nitrogens with one attached hydrogen (secondary N) is 1. The largest absolute Gasteiger partial charge is 0.363 e. The van der Waals surface area contributed by atoms with Crippen LogP contribution < -0.4 is 10.2 Å². The van der Waals surface area contributed by atoms with Gasteiger partial charge in [-0.1, -0.05) is 35.9 Å². The van der Waals surface area contributed by atoms with Crippen LogP contribution in [-0.2, 0) is 13.0 Å². The highest BCUT2D eigenvalue weighted by Crippen LogP contribution is 2.22. The predicted molar refractivity (Wildman–Crippen MR) is 108 cm³/mol. The summed E-state index contributed by atoms with van der Waals surface area (Å²) in [6.45, 7) is 0.734. The van der Waals surface area contributed by atoms with Crippen molar-refractivity contribution in [3.8, 4) is 0 Å². The second kappa shape index (κ2) is 8.79. The molecule has 3 rings (SSSR count). The second-order valence-corrected chi connectivity index (χ2v) is 6.91. The second-order valence-electron chi connectivity index (χ2n) is 6.47. The van der Waals surface area contributed by atoms with Crippen molar-refractivity contribution in [3.05, 3.63) is 88.8 Å². The molecule has 0 saturated carbocycles. The number of aromatic nitrogens is 2. The predicted octanol–water partition coefficient (Wildman–Crippen LogP) is 4.27. The van der Waals surface area contributed by atoms with E-state index in [0.29, 0.717) is 0 Å². The zero-order chi connectivity index (χ0) is 18.4. The zero-order valence-electron chi connectivity index (χ0n) is 15.1. The number of anilines is 1. The first-order chi connectivity index (χ1) is 12.6. The minimum atomic E-state index is 0.145. The fraction of sp³-hybridized carbons (Fsp3) is 0.238. The minimum absolute atomic E-state index is 0.145. The summed E-state index contributed by atoms with van der Waals surface area (Å²) in [5.41, 5.74) is 3.50. The fourth-order valence-electron chi connectivity index (χ4n) is 2.81. The number of pyridine rings is 2. The third kappa shape index (κ3) is 5.04. The van der Waals surface area contributed by atoms with Crippen molar-refractivity contribution in [2.45, 2.75) is 19.0 Å². The average Bonchev–Trinajstić information content (AvgIpc) is 2.66. The first-order valence-electron chi connectivity index (χ1n) is 8.62. The first kappa shape index (κ1) is 18.4. The molecule has 3 aromatic rings. The fourth-order valence-corrected chi connectivity index (χ4v) is 3.01. The van der Waals surface area contributed by atoms with Crippen molar-refractivity contribution in [2.75, 3.05) is 19.0 Å². The van der Waals surface area contributed by atoms with Crippen LogP contribution >= 0.6 is 11.6 Å². The van der Waals surface area contributed by atoms with Crippen LogP contribution in [0.1, 0.15) is 22.7 Å². The Balaban J connectivity index is 1.75. The molecule has 1 unspecified atom stereocenters. The Bertz CT molecular complexity index is 819. The van der Waals surface area contributed by atoms with Crippen LogP contribution in [-0.4, -0.2) is 24.1 Å². The van der Waals surface area contributed by atoms with Crippen molar-refractivity contribution in [1.82, 2.24) is 15.3 Å². The molecule has 0 aliphatic heterocycles. The van der Waals surface area contributed by atoms with E-state index in [1.165, 1.54) is 11.1 Å². The third-order valence-corrected chi connectivity index (χ3v) is 4.47. The van der Waals surface area contributed by atoms with Gasteiger partial charge in [-0.25, -0.2) is 4.98 Å². The lowest BCUT2D eigenvalue weighted by atomic mass is 9.99. The Kier molecular flexibility index (Phi) is 6.21.